The number of aromatic hydroxyl groups is 1. The lowest BCUT2D eigenvalue weighted by Gasteiger charge is -2.16. The second-order valence-corrected chi connectivity index (χ2v) is 7.97. The topological polar surface area (TPSA) is 120 Å². The van der Waals surface area contributed by atoms with Gasteiger partial charge in [0.1, 0.15) is 18.5 Å². The molecule has 1 aliphatic heterocycles. The van der Waals surface area contributed by atoms with Crippen molar-refractivity contribution in [2.24, 2.45) is 4.99 Å². The molecule has 1 aliphatic rings. The van der Waals surface area contributed by atoms with E-state index in [0.717, 1.165) is 6.42 Å². The molecule has 0 aliphatic carbocycles. The fraction of sp³-hybridized carbons (Fsp3) is 0.261. The number of esters is 1. The minimum Gasteiger partial charge on any atom is -0.506 e. The zero-order valence-electron chi connectivity index (χ0n) is 17.5. The Kier molecular flexibility index (Phi) is 8.04. The average molecular weight is 457 g/mol. The highest BCUT2D eigenvalue weighted by Crippen LogP contribution is 2.39. The molecule has 32 heavy (non-hydrogen) atoms. The van der Waals surface area contributed by atoms with Gasteiger partial charge in [0.05, 0.1) is 22.8 Å². The number of amidine groups is 1. The first-order valence-corrected chi connectivity index (χ1v) is 10.9. The van der Waals surface area contributed by atoms with Crippen molar-refractivity contribution in [1.82, 2.24) is 0 Å². The largest absolute Gasteiger partial charge is 0.506 e. The van der Waals surface area contributed by atoms with Crippen molar-refractivity contribution in [3.8, 4) is 5.75 Å². The van der Waals surface area contributed by atoms with Crippen molar-refractivity contribution in [3.05, 3.63) is 64.6 Å². The van der Waals surface area contributed by atoms with Crippen LogP contribution in [0.15, 0.2) is 58.4 Å². The number of phenolic OH excluding ortho intramolecular Hbond substituents is 1. The van der Waals surface area contributed by atoms with Crippen LogP contribution in [-0.4, -0.2) is 58.2 Å². The van der Waals surface area contributed by atoms with Gasteiger partial charge in [-0.15, -0.1) is 0 Å². The summed E-state index contributed by atoms with van der Waals surface area (Å²) in [6.07, 6.45) is 1.39. The number of rotatable bonds is 8. The van der Waals surface area contributed by atoms with Gasteiger partial charge < -0.3 is 20.1 Å². The molecule has 0 aromatic heterocycles. The van der Waals surface area contributed by atoms with Crippen LogP contribution in [0.1, 0.15) is 29.3 Å². The maximum Gasteiger partial charge on any atom is 0.338 e. The van der Waals surface area contributed by atoms with Crippen molar-refractivity contribution in [2.75, 3.05) is 24.7 Å². The lowest BCUT2D eigenvalue weighted by molar-refractivity contribution is -0.113. The van der Waals surface area contributed by atoms with E-state index in [-0.39, 0.29) is 23.8 Å². The van der Waals surface area contributed by atoms with Gasteiger partial charge >= 0.3 is 5.97 Å². The highest BCUT2D eigenvalue weighted by molar-refractivity contribution is 8.19. The first-order chi connectivity index (χ1) is 15.4. The molecule has 2 aromatic rings. The Morgan fingerprint density at radius 2 is 1.94 bits per heavy atom. The molecule has 3 rings (SSSR count). The van der Waals surface area contributed by atoms with Crippen molar-refractivity contribution in [1.29, 1.82) is 0 Å². The Hall–Kier alpha value is -3.14. The summed E-state index contributed by atoms with van der Waals surface area (Å²) in [5.41, 5.74) is 1.34. The lowest BCUT2D eigenvalue weighted by Crippen LogP contribution is -2.29. The number of carbonyl (C=O) groups is 2. The molecule has 168 valence electrons. The number of anilines is 1. The number of para-hydroxylation sites is 2. The van der Waals surface area contributed by atoms with Crippen LogP contribution in [0.2, 0.25) is 0 Å². The van der Waals surface area contributed by atoms with Crippen LogP contribution in [0.5, 0.6) is 5.75 Å². The Bertz CT molecular complexity index is 1040. The maximum absolute atomic E-state index is 13.1. The molecule has 0 saturated carbocycles. The number of phenols is 1. The normalized spacial score (nSPS) is 17.2. The number of hydrogen-bond donors (Lipinski definition) is 3. The molecular formula is C23H24N2O6S. The summed E-state index contributed by atoms with van der Waals surface area (Å²) in [6.45, 7) is 1.75. The lowest BCUT2D eigenvalue weighted by atomic mass is 10.1. The van der Waals surface area contributed by atoms with E-state index in [1.807, 2.05) is 6.92 Å². The van der Waals surface area contributed by atoms with Crippen molar-refractivity contribution in [3.63, 3.8) is 0 Å². The number of aliphatic imine (C=N–C) groups is 1. The minimum atomic E-state index is -1.12. The first kappa shape index (κ1) is 23.5. The molecule has 3 N–H and O–H groups in total. The fourth-order valence-corrected chi connectivity index (χ4v) is 3.83. The number of hydrogen-bond acceptors (Lipinski definition) is 8. The smallest absolute Gasteiger partial charge is 0.338 e. The number of aliphatic hydroxyl groups is 2. The molecule has 0 bridgehead atoms. The number of amides is 1. The fourth-order valence-electron chi connectivity index (χ4n) is 2.83. The highest BCUT2D eigenvalue weighted by Gasteiger charge is 2.35. The van der Waals surface area contributed by atoms with Crippen LogP contribution in [-0.2, 0) is 9.53 Å². The Morgan fingerprint density at radius 1 is 1.22 bits per heavy atom. The Morgan fingerprint density at radius 3 is 2.59 bits per heavy atom. The third-order valence-electron chi connectivity index (χ3n) is 4.46. The van der Waals surface area contributed by atoms with Crippen LogP contribution < -0.4 is 4.90 Å². The molecule has 0 spiro atoms. The number of ether oxygens (including phenoxy) is 1. The van der Waals surface area contributed by atoms with Crippen molar-refractivity contribution >= 4 is 40.6 Å². The molecule has 2 aromatic carbocycles. The molecular weight excluding hydrogens is 432 g/mol. The predicted octanol–water partition coefficient (Wildman–Crippen LogP) is 2.79. The van der Waals surface area contributed by atoms with Gasteiger partial charge in [0, 0.05) is 6.54 Å². The Labute approximate surface area is 189 Å². The molecule has 1 heterocycles. The number of aliphatic hydroxyl groups excluding tert-OH is 2. The monoisotopic (exact) mass is 456 g/mol. The molecule has 1 unspecified atom stereocenters. The van der Waals surface area contributed by atoms with E-state index in [4.69, 9.17) is 9.84 Å². The quantitative estimate of drug-likeness (QED) is 0.413. The summed E-state index contributed by atoms with van der Waals surface area (Å²) < 4.78 is 4.93. The van der Waals surface area contributed by atoms with E-state index < -0.39 is 18.7 Å². The van der Waals surface area contributed by atoms with Crippen LogP contribution in [0.3, 0.4) is 0 Å². The van der Waals surface area contributed by atoms with Gasteiger partial charge in [-0.3, -0.25) is 14.7 Å². The second kappa shape index (κ2) is 10.9. The summed E-state index contributed by atoms with van der Waals surface area (Å²) in [5.74, 6) is -0.934. The standard InChI is InChI=1S/C23H24N2O6S/c1-2-11-24-23-25(18-5-3-4-6-19(18)28)21(29)20(32-23)12-15-7-9-16(10-8-15)22(30)31-14-17(27)13-26/h3-10,12,17,26-28H,2,11,13-14H2,1H3/b20-12-,24-23?. The van der Waals surface area contributed by atoms with Crippen LogP contribution in [0, 0.1) is 0 Å². The summed E-state index contributed by atoms with van der Waals surface area (Å²) in [6, 6.07) is 13.0. The first-order valence-electron chi connectivity index (χ1n) is 10.1. The Balaban J connectivity index is 1.81. The van der Waals surface area contributed by atoms with E-state index in [1.54, 1.807) is 48.5 Å². The van der Waals surface area contributed by atoms with Crippen molar-refractivity contribution in [2.45, 2.75) is 19.4 Å². The van der Waals surface area contributed by atoms with Gasteiger partial charge in [0.25, 0.3) is 5.91 Å². The number of thioether (sulfide) groups is 1. The van der Waals surface area contributed by atoms with Crippen LogP contribution >= 0.6 is 11.8 Å². The van der Waals surface area contributed by atoms with Crippen LogP contribution in [0.4, 0.5) is 5.69 Å². The second-order valence-electron chi connectivity index (χ2n) is 6.96. The minimum absolute atomic E-state index is 0.0129. The van der Waals surface area contributed by atoms with Gasteiger partial charge in [0.2, 0.25) is 0 Å². The zero-order chi connectivity index (χ0) is 23.1. The summed E-state index contributed by atoms with van der Waals surface area (Å²) in [5, 5.41) is 28.8. The summed E-state index contributed by atoms with van der Waals surface area (Å²) in [4.78, 5) is 31.5. The van der Waals surface area contributed by atoms with Crippen LogP contribution in [0.25, 0.3) is 6.08 Å². The molecule has 1 amide bonds. The van der Waals surface area contributed by atoms with E-state index in [0.29, 0.717) is 27.9 Å². The third kappa shape index (κ3) is 5.56. The molecule has 8 nitrogen and oxygen atoms in total. The molecule has 1 atom stereocenters. The predicted molar refractivity (Wildman–Crippen MR) is 124 cm³/mol. The zero-order valence-corrected chi connectivity index (χ0v) is 18.3. The maximum atomic E-state index is 13.1. The number of nitrogens with zero attached hydrogens (tertiary/aromatic N) is 2. The molecule has 1 saturated heterocycles. The number of benzene rings is 2. The summed E-state index contributed by atoms with van der Waals surface area (Å²) >= 11 is 1.22. The van der Waals surface area contributed by atoms with Gasteiger partial charge in [0.15, 0.2) is 5.17 Å². The third-order valence-corrected chi connectivity index (χ3v) is 5.47. The molecule has 9 heteroatoms. The SMILES string of the molecule is CCCN=C1S/C(=C\c2ccc(C(=O)OCC(O)CO)cc2)C(=O)N1c1ccccc1O. The van der Waals surface area contributed by atoms with E-state index in [2.05, 4.69) is 4.99 Å². The van der Waals surface area contributed by atoms with Gasteiger partial charge in [-0.25, -0.2) is 4.79 Å². The highest BCUT2D eigenvalue weighted by atomic mass is 32.2. The van der Waals surface area contributed by atoms with Gasteiger partial charge in [-0.2, -0.15) is 0 Å². The number of carbonyl (C=O) groups excluding carboxylic acids is 2. The summed E-state index contributed by atoms with van der Waals surface area (Å²) in [7, 11) is 0. The van der Waals surface area contributed by atoms with Crippen molar-refractivity contribution < 1.29 is 29.6 Å². The van der Waals surface area contributed by atoms with E-state index in [1.165, 1.54) is 22.7 Å². The van der Waals surface area contributed by atoms with E-state index in [9.17, 15) is 19.8 Å². The molecule has 1 fully saturated rings. The van der Waals surface area contributed by atoms with Gasteiger partial charge in [-0.05, 0) is 54.1 Å². The molecule has 0 radical (unpaired) electrons. The van der Waals surface area contributed by atoms with E-state index >= 15 is 0 Å². The van der Waals surface area contributed by atoms with Gasteiger partial charge in [-0.1, -0.05) is 31.2 Å². The average Bonchev–Trinajstić information content (AvgIpc) is 3.11.